The van der Waals surface area contributed by atoms with Crippen molar-refractivity contribution in [1.29, 1.82) is 0 Å². The number of nitrogens with one attached hydrogen (secondary N) is 1. The lowest BCUT2D eigenvalue weighted by Gasteiger charge is -2.37. The zero-order valence-corrected chi connectivity index (χ0v) is 23.3. The molecule has 2 amide bonds. The predicted molar refractivity (Wildman–Crippen MR) is 138 cm³/mol. The second-order valence-corrected chi connectivity index (χ2v) is 12.1. The quantitative estimate of drug-likeness (QED) is 0.563. The number of pyridine rings is 1. The molecule has 3 aliphatic heterocycles. The van der Waals surface area contributed by atoms with Crippen LogP contribution in [0.3, 0.4) is 0 Å². The zero-order valence-electron chi connectivity index (χ0n) is 23.3. The summed E-state index contributed by atoms with van der Waals surface area (Å²) < 4.78 is 56.8. The van der Waals surface area contributed by atoms with Crippen molar-refractivity contribution in [3.05, 3.63) is 29.1 Å². The van der Waals surface area contributed by atoms with Crippen molar-refractivity contribution >= 4 is 12.0 Å². The molecule has 4 aliphatic rings. The van der Waals surface area contributed by atoms with Crippen LogP contribution in [-0.2, 0) is 38.1 Å². The molecule has 0 spiro atoms. The van der Waals surface area contributed by atoms with E-state index in [1.165, 1.54) is 0 Å². The number of rotatable bonds is 6. The van der Waals surface area contributed by atoms with Gasteiger partial charge in [-0.2, -0.15) is 13.2 Å². The maximum atomic E-state index is 14.3. The fraction of sp³-hybridized carbons (Fsp3) is 0.750. The summed E-state index contributed by atoms with van der Waals surface area (Å²) in [6.07, 6.45) is -1.73. The first-order chi connectivity index (χ1) is 19.0. The Balaban J connectivity index is 1.36. The minimum Gasteiger partial charge on any atom is -0.449 e. The highest BCUT2D eigenvalue weighted by Crippen LogP contribution is 2.51. The molecule has 2 saturated heterocycles. The summed E-state index contributed by atoms with van der Waals surface area (Å²) in [5, 5.41) is 3.71. The number of amides is 2. The number of carbonyl (C=O) groups is 2. The number of fused-ring (bicyclic) bond motifs is 2. The summed E-state index contributed by atoms with van der Waals surface area (Å²) in [5.74, 6) is -0.0164. The first kappa shape index (κ1) is 29.1. The Morgan fingerprint density at radius 2 is 2.10 bits per heavy atom. The number of halogens is 3. The maximum absolute atomic E-state index is 14.3. The van der Waals surface area contributed by atoms with Crippen molar-refractivity contribution in [2.75, 3.05) is 46.6 Å². The lowest BCUT2D eigenvalue weighted by molar-refractivity contribution is -0.143. The van der Waals surface area contributed by atoms with Crippen LogP contribution in [0.4, 0.5) is 18.0 Å². The van der Waals surface area contributed by atoms with Crippen LogP contribution in [-0.4, -0.2) is 91.5 Å². The molecule has 1 aromatic heterocycles. The summed E-state index contributed by atoms with van der Waals surface area (Å²) in [6, 6.07) is 1.24. The lowest BCUT2D eigenvalue weighted by Crippen LogP contribution is -2.52. The van der Waals surface area contributed by atoms with Crippen molar-refractivity contribution < 1.29 is 37.0 Å². The van der Waals surface area contributed by atoms with Crippen LogP contribution in [0, 0.1) is 17.3 Å². The Bertz CT molecular complexity index is 1100. The van der Waals surface area contributed by atoms with Gasteiger partial charge in [0.15, 0.2) is 0 Å². The van der Waals surface area contributed by atoms with Crippen LogP contribution in [0.5, 0.6) is 0 Å². The van der Waals surface area contributed by atoms with Crippen LogP contribution in [0.2, 0.25) is 0 Å². The van der Waals surface area contributed by atoms with Gasteiger partial charge in [-0.1, -0.05) is 13.8 Å². The van der Waals surface area contributed by atoms with Crippen LogP contribution in [0.25, 0.3) is 0 Å². The Labute approximate surface area is 232 Å². The van der Waals surface area contributed by atoms with E-state index in [2.05, 4.69) is 10.3 Å². The second-order valence-electron chi connectivity index (χ2n) is 12.1. The first-order valence-electron chi connectivity index (χ1n) is 14.1. The molecular formula is C28H39F3N4O5. The van der Waals surface area contributed by atoms with Crippen LogP contribution in [0.1, 0.15) is 49.9 Å². The highest BCUT2D eigenvalue weighted by atomic mass is 19.4. The van der Waals surface area contributed by atoms with Gasteiger partial charge < -0.3 is 29.3 Å². The third-order valence-corrected chi connectivity index (χ3v) is 8.81. The molecule has 0 bridgehead atoms. The van der Waals surface area contributed by atoms with Gasteiger partial charge in [-0.3, -0.25) is 9.78 Å². The average Bonchev–Trinajstić information content (AvgIpc) is 3.45. The van der Waals surface area contributed by atoms with E-state index < -0.39 is 23.2 Å². The topological polar surface area (TPSA) is 93.2 Å². The predicted octanol–water partition coefficient (Wildman–Crippen LogP) is 3.25. The molecule has 1 saturated carbocycles. The third kappa shape index (κ3) is 5.80. The van der Waals surface area contributed by atoms with Crippen LogP contribution >= 0.6 is 0 Å². The number of methoxy groups -OCH3 is 1. The number of alkyl halides is 3. The van der Waals surface area contributed by atoms with E-state index in [1.54, 1.807) is 16.9 Å². The Morgan fingerprint density at radius 1 is 1.30 bits per heavy atom. The van der Waals surface area contributed by atoms with E-state index in [1.807, 2.05) is 13.8 Å². The van der Waals surface area contributed by atoms with Gasteiger partial charge in [0.2, 0.25) is 5.91 Å². The Morgan fingerprint density at radius 3 is 2.83 bits per heavy atom. The van der Waals surface area contributed by atoms with Gasteiger partial charge in [0.25, 0.3) is 0 Å². The van der Waals surface area contributed by atoms with E-state index in [-0.39, 0.29) is 49.0 Å². The number of hydrogen-bond acceptors (Lipinski definition) is 7. The summed E-state index contributed by atoms with van der Waals surface area (Å²) in [5.41, 5.74) is -0.640. The smallest absolute Gasteiger partial charge is 0.417 e. The molecule has 5 atom stereocenters. The third-order valence-electron chi connectivity index (χ3n) is 8.81. The number of ether oxygens (including phenoxy) is 3. The second kappa shape index (κ2) is 11.4. The molecule has 0 aromatic carbocycles. The largest absolute Gasteiger partial charge is 0.449 e. The van der Waals surface area contributed by atoms with Crippen LogP contribution < -0.4 is 5.32 Å². The minimum absolute atomic E-state index is 0.0408. The SMILES string of the molecule is CO[C@@H]1COCC[C@@H]1N[C@@H]1C[C@H]2CN(C(=O)OCC(C)C)C[C@@]2(C(=O)N2CCc3ncc(C(F)(F)F)cc3C2)C1. The van der Waals surface area contributed by atoms with E-state index in [0.717, 1.165) is 18.7 Å². The normalized spacial score (nSPS) is 30.4. The fourth-order valence-corrected chi connectivity index (χ4v) is 6.80. The van der Waals surface area contributed by atoms with Gasteiger partial charge >= 0.3 is 12.3 Å². The van der Waals surface area contributed by atoms with Gasteiger partial charge in [0.1, 0.15) is 0 Å². The molecule has 12 heteroatoms. The van der Waals surface area contributed by atoms with E-state index >= 15 is 0 Å². The first-order valence-corrected chi connectivity index (χ1v) is 14.1. The molecule has 5 rings (SSSR count). The molecule has 0 unspecified atom stereocenters. The highest BCUT2D eigenvalue weighted by molar-refractivity contribution is 5.86. The molecule has 1 N–H and O–H groups in total. The van der Waals surface area contributed by atoms with E-state index in [0.29, 0.717) is 63.4 Å². The maximum Gasteiger partial charge on any atom is 0.417 e. The summed E-state index contributed by atoms with van der Waals surface area (Å²) >= 11 is 0. The molecule has 1 aromatic rings. The Kier molecular flexibility index (Phi) is 8.32. The fourth-order valence-electron chi connectivity index (χ4n) is 6.80. The zero-order chi connectivity index (χ0) is 28.7. The van der Waals surface area contributed by atoms with Crippen molar-refractivity contribution in [1.82, 2.24) is 20.1 Å². The standard InChI is InChI=1S/C28H39F3N4O5/c1-17(2)14-40-26(37)35-13-20-9-21(33-23-5-7-39-15-24(23)38-3)10-27(20,16-35)25(36)34-6-4-22-18(12-34)8-19(11-32-22)28(29,30)31/h8,11,17,20-21,23-24,33H,4-7,9-10,12-16H2,1-3H3/t20-,21+,23-,24+,27-/m0/s1. The molecule has 222 valence electrons. The van der Waals surface area contributed by atoms with Crippen molar-refractivity contribution in [2.24, 2.45) is 17.3 Å². The molecule has 3 fully saturated rings. The summed E-state index contributed by atoms with van der Waals surface area (Å²) in [7, 11) is 1.66. The van der Waals surface area contributed by atoms with Gasteiger partial charge in [-0.05, 0) is 42.7 Å². The van der Waals surface area contributed by atoms with E-state index in [9.17, 15) is 22.8 Å². The van der Waals surface area contributed by atoms with Gasteiger partial charge in [-0.15, -0.1) is 0 Å². The molecule has 40 heavy (non-hydrogen) atoms. The summed E-state index contributed by atoms with van der Waals surface area (Å²) in [4.78, 5) is 34.6. The van der Waals surface area contributed by atoms with Crippen molar-refractivity contribution in [3.8, 4) is 0 Å². The number of aromatic nitrogens is 1. The average molecular weight is 569 g/mol. The summed E-state index contributed by atoms with van der Waals surface area (Å²) in [6.45, 7) is 6.45. The monoisotopic (exact) mass is 568 g/mol. The molecule has 9 nitrogen and oxygen atoms in total. The number of hydrogen-bond donors (Lipinski definition) is 1. The Hall–Kier alpha value is -2.44. The van der Waals surface area contributed by atoms with Crippen molar-refractivity contribution in [3.63, 3.8) is 0 Å². The van der Waals surface area contributed by atoms with Gasteiger partial charge in [0.05, 0.1) is 30.3 Å². The number of nitrogens with zero attached hydrogens (tertiary/aromatic N) is 3. The molecule has 4 heterocycles. The van der Waals surface area contributed by atoms with Gasteiger partial charge in [0, 0.05) is 70.3 Å². The van der Waals surface area contributed by atoms with E-state index in [4.69, 9.17) is 14.2 Å². The number of carbonyl (C=O) groups excluding carboxylic acids is 2. The van der Waals surface area contributed by atoms with Gasteiger partial charge in [-0.25, -0.2) is 4.79 Å². The minimum atomic E-state index is -4.50. The van der Waals surface area contributed by atoms with Crippen molar-refractivity contribution in [2.45, 2.75) is 70.4 Å². The van der Waals surface area contributed by atoms with Crippen LogP contribution in [0.15, 0.2) is 12.3 Å². The molecule has 1 aliphatic carbocycles. The molecule has 0 radical (unpaired) electrons. The molecular weight excluding hydrogens is 529 g/mol. The lowest BCUT2D eigenvalue weighted by atomic mass is 9.78. The number of likely N-dealkylation sites (tertiary alicyclic amines) is 1. The highest BCUT2D eigenvalue weighted by Gasteiger charge is 2.60.